The predicted octanol–water partition coefficient (Wildman–Crippen LogP) is 3.13. The molecule has 2 rings (SSSR count). The van der Waals surface area contributed by atoms with E-state index in [1.54, 1.807) is 6.92 Å². The average molecular weight is 359 g/mol. The van der Waals surface area contributed by atoms with Gasteiger partial charge in [-0.05, 0) is 37.5 Å². The van der Waals surface area contributed by atoms with Crippen LogP contribution in [0.1, 0.15) is 35.7 Å². The molecule has 0 spiro atoms. The number of hydrogen-bond donors (Lipinski definition) is 1. The van der Waals surface area contributed by atoms with Gasteiger partial charge in [0.05, 0.1) is 18.9 Å². The van der Waals surface area contributed by atoms with Gasteiger partial charge >= 0.3 is 12.1 Å². The fraction of sp³-hybridized carbons (Fsp3) is 0.529. The second-order valence-electron chi connectivity index (χ2n) is 5.94. The topological polar surface area (TPSA) is 66.8 Å². The van der Waals surface area contributed by atoms with Crippen LogP contribution in [0.5, 0.6) is 5.75 Å². The zero-order valence-corrected chi connectivity index (χ0v) is 13.8. The number of carboxylic acid groups (broad SMARTS) is 1. The van der Waals surface area contributed by atoms with E-state index in [0.717, 1.165) is 0 Å². The number of carboxylic acids is 1. The minimum Gasteiger partial charge on any atom is -0.493 e. The van der Waals surface area contributed by atoms with Gasteiger partial charge in [0.15, 0.2) is 0 Å². The summed E-state index contributed by atoms with van der Waals surface area (Å²) in [6.45, 7) is 2.15. The quantitative estimate of drug-likeness (QED) is 0.877. The lowest BCUT2D eigenvalue weighted by atomic mass is 9.96. The number of nitrogens with zero attached hydrogens (tertiary/aromatic N) is 1. The van der Waals surface area contributed by atoms with Crippen molar-refractivity contribution < 1.29 is 32.6 Å². The maximum Gasteiger partial charge on any atom is 0.391 e. The maximum absolute atomic E-state index is 12.7. The van der Waals surface area contributed by atoms with Gasteiger partial charge in [-0.1, -0.05) is 6.07 Å². The van der Waals surface area contributed by atoms with E-state index >= 15 is 0 Å². The van der Waals surface area contributed by atoms with Gasteiger partial charge in [0.2, 0.25) is 5.91 Å². The number of hydrogen-bond acceptors (Lipinski definition) is 3. The van der Waals surface area contributed by atoms with E-state index in [1.165, 1.54) is 23.1 Å². The van der Waals surface area contributed by atoms with Crippen LogP contribution in [-0.2, 0) is 11.2 Å². The first kappa shape index (κ1) is 19.1. The molecule has 0 bridgehead atoms. The van der Waals surface area contributed by atoms with E-state index in [2.05, 4.69) is 0 Å². The first-order valence-electron chi connectivity index (χ1n) is 8.06. The summed E-state index contributed by atoms with van der Waals surface area (Å²) >= 11 is 0. The fourth-order valence-corrected chi connectivity index (χ4v) is 2.87. The molecule has 1 aliphatic rings. The number of benzene rings is 1. The molecular formula is C17H20F3NO4. The number of carbonyl (C=O) groups is 2. The zero-order valence-electron chi connectivity index (χ0n) is 13.8. The van der Waals surface area contributed by atoms with Crippen LogP contribution >= 0.6 is 0 Å². The van der Waals surface area contributed by atoms with E-state index in [9.17, 15) is 22.8 Å². The van der Waals surface area contributed by atoms with E-state index in [1.807, 2.05) is 0 Å². The molecule has 5 nitrogen and oxygen atoms in total. The molecule has 0 aliphatic carbocycles. The minimum absolute atomic E-state index is 0.00332. The van der Waals surface area contributed by atoms with Crippen LogP contribution in [0.4, 0.5) is 13.2 Å². The van der Waals surface area contributed by atoms with Crippen molar-refractivity contribution >= 4 is 11.9 Å². The van der Waals surface area contributed by atoms with Gasteiger partial charge in [-0.25, -0.2) is 4.79 Å². The Kier molecular flexibility index (Phi) is 5.92. The van der Waals surface area contributed by atoms with Crippen LogP contribution < -0.4 is 4.74 Å². The number of alkyl halides is 3. The second-order valence-corrected chi connectivity index (χ2v) is 5.94. The number of rotatable bonds is 5. The van der Waals surface area contributed by atoms with Gasteiger partial charge < -0.3 is 14.7 Å². The Balaban J connectivity index is 2.01. The molecule has 1 amide bonds. The number of carbonyl (C=O) groups excluding carboxylic acids is 1. The lowest BCUT2D eigenvalue weighted by molar-refractivity contribution is -0.186. The molecule has 1 saturated heterocycles. The third kappa shape index (κ3) is 4.87. The molecule has 1 aromatic carbocycles. The third-order valence-corrected chi connectivity index (χ3v) is 4.24. The summed E-state index contributed by atoms with van der Waals surface area (Å²) in [4.78, 5) is 24.9. The standard InChI is InChI=1S/C17H20F3NO4/c1-2-25-14-9-11(3-4-13(14)16(23)24)10-15(22)21-7-5-12(6-8-21)17(18,19)20/h3-4,9,12H,2,5-8,10H2,1H3,(H,23,24). The third-order valence-electron chi connectivity index (χ3n) is 4.24. The van der Waals surface area contributed by atoms with Crippen LogP contribution in [0.25, 0.3) is 0 Å². The number of halogens is 3. The van der Waals surface area contributed by atoms with Crippen LogP contribution in [0, 0.1) is 5.92 Å². The second kappa shape index (κ2) is 7.76. The Hall–Kier alpha value is -2.25. The molecule has 138 valence electrons. The molecule has 1 aliphatic heterocycles. The number of amides is 1. The zero-order chi connectivity index (χ0) is 18.6. The molecule has 1 aromatic rings. The van der Waals surface area contributed by atoms with Crippen molar-refractivity contribution in [3.05, 3.63) is 29.3 Å². The van der Waals surface area contributed by atoms with Gasteiger partial charge in [0, 0.05) is 13.1 Å². The molecule has 1 N–H and O–H groups in total. The minimum atomic E-state index is -4.21. The highest BCUT2D eigenvalue weighted by Gasteiger charge is 2.41. The van der Waals surface area contributed by atoms with Crippen LogP contribution in [-0.4, -0.2) is 47.8 Å². The highest BCUT2D eigenvalue weighted by atomic mass is 19.4. The molecule has 1 heterocycles. The van der Waals surface area contributed by atoms with Gasteiger partial charge in [0.1, 0.15) is 11.3 Å². The van der Waals surface area contributed by atoms with E-state index in [4.69, 9.17) is 9.84 Å². The SMILES string of the molecule is CCOc1cc(CC(=O)N2CCC(C(F)(F)F)CC2)ccc1C(=O)O. The van der Waals surface area contributed by atoms with Gasteiger partial charge in [-0.15, -0.1) is 0 Å². The molecule has 0 saturated carbocycles. The average Bonchev–Trinajstić information content (AvgIpc) is 2.54. The molecule has 1 fully saturated rings. The monoisotopic (exact) mass is 359 g/mol. The van der Waals surface area contributed by atoms with E-state index < -0.39 is 18.1 Å². The van der Waals surface area contributed by atoms with Crippen molar-refractivity contribution in [1.82, 2.24) is 4.90 Å². The Morgan fingerprint density at radius 3 is 2.44 bits per heavy atom. The lowest BCUT2D eigenvalue weighted by Crippen LogP contribution is -2.42. The van der Waals surface area contributed by atoms with E-state index in [-0.39, 0.29) is 56.2 Å². The van der Waals surface area contributed by atoms with Crippen molar-refractivity contribution in [1.29, 1.82) is 0 Å². The Morgan fingerprint density at radius 1 is 1.28 bits per heavy atom. The van der Waals surface area contributed by atoms with Crippen LogP contribution in [0.3, 0.4) is 0 Å². The molecule has 0 aromatic heterocycles. The molecule has 0 radical (unpaired) electrons. The molecular weight excluding hydrogens is 339 g/mol. The highest BCUT2D eigenvalue weighted by Crippen LogP contribution is 2.34. The van der Waals surface area contributed by atoms with Crippen molar-refractivity contribution in [3.63, 3.8) is 0 Å². The van der Waals surface area contributed by atoms with Crippen molar-refractivity contribution in [2.45, 2.75) is 32.4 Å². The highest BCUT2D eigenvalue weighted by molar-refractivity contribution is 5.91. The Bertz CT molecular complexity index is 637. The summed E-state index contributed by atoms with van der Waals surface area (Å²) in [5.74, 6) is -2.58. The first-order chi connectivity index (χ1) is 11.7. The van der Waals surface area contributed by atoms with Crippen LogP contribution in [0.2, 0.25) is 0 Å². The Morgan fingerprint density at radius 2 is 1.92 bits per heavy atom. The summed E-state index contributed by atoms with van der Waals surface area (Å²) in [6.07, 6.45) is -4.39. The van der Waals surface area contributed by atoms with Crippen molar-refractivity contribution in [2.24, 2.45) is 5.92 Å². The number of piperidine rings is 1. The van der Waals surface area contributed by atoms with Gasteiger partial charge in [-0.3, -0.25) is 4.79 Å². The summed E-state index contributed by atoms with van der Waals surface area (Å²) < 4.78 is 43.3. The molecule has 0 unspecified atom stereocenters. The summed E-state index contributed by atoms with van der Waals surface area (Å²) in [6, 6.07) is 4.38. The predicted molar refractivity (Wildman–Crippen MR) is 83.6 cm³/mol. The van der Waals surface area contributed by atoms with Gasteiger partial charge in [-0.2, -0.15) is 13.2 Å². The maximum atomic E-state index is 12.7. The Labute approximate surface area is 143 Å². The largest absolute Gasteiger partial charge is 0.493 e. The fourth-order valence-electron chi connectivity index (χ4n) is 2.87. The normalized spacial score (nSPS) is 15.9. The number of likely N-dealkylation sites (tertiary alicyclic amines) is 1. The smallest absolute Gasteiger partial charge is 0.391 e. The number of ether oxygens (including phenoxy) is 1. The van der Waals surface area contributed by atoms with E-state index in [0.29, 0.717) is 5.56 Å². The lowest BCUT2D eigenvalue weighted by Gasteiger charge is -2.33. The summed E-state index contributed by atoms with van der Waals surface area (Å²) in [5, 5.41) is 9.11. The molecule has 0 atom stereocenters. The van der Waals surface area contributed by atoms with Crippen LogP contribution in [0.15, 0.2) is 18.2 Å². The first-order valence-corrected chi connectivity index (χ1v) is 8.06. The number of aromatic carboxylic acids is 1. The molecule has 25 heavy (non-hydrogen) atoms. The van der Waals surface area contributed by atoms with Gasteiger partial charge in [0.25, 0.3) is 0 Å². The summed E-state index contributed by atoms with van der Waals surface area (Å²) in [7, 11) is 0. The molecule has 8 heteroatoms. The van der Waals surface area contributed by atoms with Crippen molar-refractivity contribution in [3.8, 4) is 5.75 Å². The summed E-state index contributed by atoms with van der Waals surface area (Å²) in [5.41, 5.74) is 0.570. The van der Waals surface area contributed by atoms with Crippen molar-refractivity contribution in [2.75, 3.05) is 19.7 Å².